The molecule has 102 valence electrons. The second-order valence-corrected chi connectivity index (χ2v) is 5.58. The van der Waals surface area contributed by atoms with Crippen LogP contribution in [0.2, 0.25) is 0 Å². The molecule has 3 rings (SSSR count). The zero-order valence-electron chi connectivity index (χ0n) is 11.1. The van der Waals surface area contributed by atoms with Crippen molar-refractivity contribution in [2.45, 2.75) is 31.3 Å². The van der Waals surface area contributed by atoms with Gasteiger partial charge in [0.15, 0.2) is 6.29 Å². The number of nitrogens with zero attached hydrogens (tertiary/aromatic N) is 1. The number of phenols is 1. The van der Waals surface area contributed by atoms with E-state index in [1.165, 1.54) is 25.3 Å². The van der Waals surface area contributed by atoms with E-state index in [4.69, 9.17) is 4.74 Å². The first-order valence-electron chi connectivity index (χ1n) is 6.82. The molecule has 3 atom stereocenters. The lowest BCUT2D eigenvalue weighted by molar-refractivity contribution is 0.111. The minimum absolute atomic E-state index is 0.0161. The molecule has 0 saturated carbocycles. The highest BCUT2D eigenvalue weighted by molar-refractivity contribution is 5.83. The molecule has 2 aliphatic heterocycles. The number of phenolic OH excluding ortho intramolecular Hbond substituents is 1. The number of ether oxygens (including phenoxy) is 1. The molecule has 3 unspecified atom stereocenters. The number of benzene rings is 1. The fourth-order valence-corrected chi connectivity index (χ4v) is 3.55. The first kappa shape index (κ1) is 12.5. The van der Waals surface area contributed by atoms with E-state index >= 15 is 0 Å². The normalized spacial score (nSPS) is 29.6. The van der Waals surface area contributed by atoms with Gasteiger partial charge in [-0.15, -0.1) is 0 Å². The molecule has 4 heteroatoms. The average Bonchev–Trinajstić information content (AvgIpc) is 2.92. The van der Waals surface area contributed by atoms with Gasteiger partial charge in [0, 0.05) is 18.0 Å². The topological polar surface area (TPSA) is 49.8 Å². The maximum absolute atomic E-state index is 11.0. The van der Waals surface area contributed by atoms with Crippen LogP contribution in [0.15, 0.2) is 18.2 Å². The Kier molecular flexibility index (Phi) is 3.19. The molecule has 2 fully saturated rings. The zero-order chi connectivity index (χ0) is 13.4. The Bertz CT molecular complexity index is 488. The summed E-state index contributed by atoms with van der Waals surface area (Å²) in [6, 6.07) is 6.25. The molecule has 0 spiro atoms. The predicted octanol–water partition coefficient (Wildman–Crippen LogP) is 2.07. The van der Waals surface area contributed by atoms with Gasteiger partial charge in [0.25, 0.3) is 0 Å². The maximum atomic E-state index is 11.0. The first-order chi connectivity index (χ1) is 9.20. The third-order valence-electron chi connectivity index (χ3n) is 4.63. The van der Waals surface area contributed by atoms with Gasteiger partial charge in [0.2, 0.25) is 0 Å². The van der Waals surface area contributed by atoms with E-state index in [1.54, 1.807) is 12.1 Å². The summed E-state index contributed by atoms with van der Waals surface area (Å²) in [6.07, 6.45) is 4.37. The van der Waals surface area contributed by atoms with Crippen LogP contribution in [0.3, 0.4) is 0 Å². The van der Waals surface area contributed by atoms with E-state index in [1.807, 2.05) is 0 Å². The van der Waals surface area contributed by atoms with Crippen LogP contribution in [-0.2, 0) is 0 Å². The van der Waals surface area contributed by atoms with E-state index in [0.29, 0.717) is 36.6 Å². The molecule has 1 aromatic rings. The molecule has 0 aliphatic carbocycles. The highest BCUT2D eigenvalue weighted by atomic mass is 16.5. The minimum Gasteiger partial charge on any atom is -0.507 e. The monoisotopic (exact) mass is 261 g/mol. The number of hydrogen-bond donors (Lipinski definition) is 1. The summed E-state index contributed by atoms with van der Waals surface area (Å²) in [5, 5.41) is 9.61. The van der Waals surface area contributed by atoms with E-state index in [0.717, 1.165) is 0 Å². The van der Waals surface area contributed by atoms with E-state index in [9.17, 15) is 9.90 Å². The van der Waals surface area contributed by atoms with Crippen LogP contribution in [-0.4, -0.2) is 42.0 Å². The Morgan fingerprint density at radius 1 is 1.47 bits per heavy atom. The van der Waals surface area contributed by atoms with Crippen LogP contribution in [0, 0.1) is 5.92 Å². The fourth-order valence-electron chi connectivity index (χ4n) is 3.55. The van der Waals surface area contributed by atoms with Crippen LogP contribution in [0.4, 0.5) is 0 Å². The standard InChI is InChI=1S/C15H19NO3/c1-16-11-5-6-13(16)10(7-11)9-19-15-4-2-3-14(18)12(15)8-17/h2-4,8,10-11,13,18H,5-7,9H2,1H3. The summed E-state index contributed by atoms with van der Waals surface area (Å²) in [5.74, 6) is 1.00. The fraction of sp³-hybridized carbons (Fsp3) is 0.533. The van der Waals surface area contributed by atoms with Crippen LogP contribution < -0.4 is 4.74 Å². The van der Waals surface area contributed by atoms with Gasteiger partial charge in [-0.2, -0.15) is 0 Å². The summed E-state index contributed by atoms with van der Waals surface area (Å²) < 4.78 is 5.78. The molecule has 2 aliphatic rings. The molecular weight excluding hydrogens is 242 g/mol. The third-order valence-corrected chi connectivity index (χ3v) is 4.63. The Morgan fingerprint density at radius 3 is 2.95 bits per heavy atom. The van der Waals surface area contributed by atoms with Crippen LogP contribution >= 0.6 is 0 Å². The van der Waals surface area contributed by atoms with Crippen molar-refractivity contribution in [2.75, 3.05) is 13.7 Å². The van der Waals surface area contributed by atoms with Crippen molar-refractivity contribution in [3.63, 3.8) is 0 Å². The number of hydrogen-bond acceptors (Lipinski definition) is 4. The maximum Gasteiger partial charge on any atom is 0.157 e. The van der Waals surface area contributed by atoms with Crippen molar-refractivity contribution in [1.82, 2.24) is 4.90 Å². The number of carbonyl (C=O) groups is 1. The zero-order valence-corrected chi connectivity index (χ0v) is 11.1. The van der Waals surface area contributed by atoms with Gasteiger partial charge in [0.05, 0.1) is 12.2 Å². The van der Waals surface area contributed by atoms with Crippen molar-refractivity contribution in [3.8, 4) is 11.5 Å². The predicted molar refractivity (Wildman–Crippen MR) is 71.7 cm³/mol. The van der Waals surface area contributed by atoms with Crippen LogP contribution in [0.25, 0.3) is 0 Å². The third kappa shape index (κ3) is 2.10. The SMILES string of the molecule is CN1C2CCC1C(COc1cccc(O)c1C=O)C2. The second-order valence-electron chi connectivity index (χ2n) is 5.58. The van der Waals surface area contributed by atoms with Gasteiger partial charge >= 0.3 is 0 Å². The highest BCUT2D eigenvalue weighted by Crippen LogP contribution is 2.40. The van der Waals surface area contributed by atoms with Crippen molar-refractivity contribution < 1.29 is 14.6 Å². The summed E-state index contributed by atoms with van der Waals surface area (Å²) in [5.41, 5.74) is 0.249. The van der Waals surface area contributed by atoms with E-state index in [-0.39, 0.29) is 11.3 Å². The molecular formula is C15H19NO3. The summed E-state index contributed by atoms with van der Waals surface area (Å²) in [7, 11) is 2.19. The molecule has 4 nitrogen and oxygen atoms in total. The van der Waals surface area contributed by atoms with Gasteiger partial charge in [-0.05, 0) is 38.4 Å². The lowest BCUT2D eigenvalue weighted by Gasteiger charge is -2.22. The lowest BCUT2D eigenvalue weighted by Crippen LogP contribution is -2.28. The minimum atomic E-state index is -0.0161. The quantitative estimate of drug-likeness (QED) is 0.843. The first-order valence-corrected chi connectivity index (χ1v) is 6.82. The summed E-state index contributed by atoms with van der Waals surface area (Å²) in [6.45, 7) is 0.621. The van der Waals surface area contributed by atoms with Crippen molar-refractivity contribution in [1.29, 1.82) is 0 Å². The van der Waals surface area contributed by atoms with Gasteiger partial charge in [-0.1, -0.05) is 6.07 Å². The molecule has 0 aromatic heterocycles. The molecule has 2 bridgehead atoms. The van der Waals surface area contributed by atoms with Crippen molar-refractivity contribution in [3.05, 3.63) is 23.8 Å². The van der Waals surface area contributed by atoms with Gasteiger partial charge in [-0.3, -0.25) is 4.79 Å². The number of aldehydes is 1. The Balaban J connectivity index is 1.67. The molecule has 2 heterocycles. The lowest BCUT2D eigenvalue weighted by atomic mass is 9.90. The molecule has 1 N–H and O–H groups in total. The highest BCUT2D eigenvalue weighted by Gasteiger charge is 2.44. The number of fused-ring (bicyclic) bond motifs is 2. The number of aromatic hydroxyl groups is 1. The molecule has 1 aromatic carbocycles. The van der Waals surface area contributed by atoms with Crippen LogP contribution in [0.1, 0.15) is 29.6 Å². The molecule has 2 saturated heterocycles. The number of carbonyl (C=O) groups excluding carboxylic acids is 1. The molecule has 0 amide bonds. The smallest absolute Gasteiger partial charge is 0.157 e. The van der Waals surface area contributed by atoms with Gasteiger partial charge in [-0.25, -0.2) is 0 Å². The van der Waals surface area contributed by atoms with Crippen molar-refractivity contribution in [2.24, 2.45) is 5.92 Å². The van der Waals surface area contributed by atoms with Gasteiger partial charge < -0.3 is 14.7 Å². The second kappa shape index (κ2) is 4.85. The summed E-state index contributed by atoms with van der Waals surface area (Å²) in [4.78, 5) is 13.4. The van der Waals surface area contributed by atoms with E-state index < -0.39 is 0 Å². The van der Waals surface area contributed by atoms with Crippen molar-refractivity contribution >= 4 is 6.29 Å². The Morgan fingerprint density at radius 2 is 2.32 bits per heavy atom. The number of rotatable bonds is 4. The van der Waals surface area contributed by atoms with Gasteiger partial charge in [0.1, 0.15) is 11.5 Å². The Hall–Kier alpha value is -1.55. The van der Waals surface area contributed by atoms with Crippen LogP contribution in [0.5, 0.6) is 11.5 Å². The molecule has 0 radical (unpaired) electrons. The van der Waals surface area contributed by atoms with E-state index in [2.05, 4.69) is 11.9 Å². The molecule has 19 heavy (non-hydrogen) atoms. The largest absolute Gasteiger partial charge is 0.507 e. The Labute approximate surface area is 113 Å². The average molecular weight is 261 g/mol. The summed E-state index contributed by atoms with van der Waals surface area (Å²) >= 11 is 0.